The number of phosphoric acid groups is 1. The second kappa shape index (κ2) is 37.5. The molecule has 0 spiro atoms. The highest BCUT2D eigenvalue weighted by Crippen LogP contribution is 2.43. The van der Waals surface area contributed by atoms with E-state index < -0.39 is 51.8 Å². The third-order valence-electron chi connectivity index (χ3n) is 7.54. The highest BCUT2D eigenvalue weighted by Gasteiger charge is 2.27. The number of aliphatic hydroxyl groups is 2. The summed E-state index contributed by atoms with van der Waals surface area (Å²) in [5, 5.41) is 18.3. The predicted octanol–water partition coefficient (Wildman–Crippen LogP) is 9.88. The van der Waals surface area contributed by atoms with Crippen LogP contribution in [-0.2, 0) is 32.7 Å². The summed E-state index contributed by atoms with van der Waals surface area (Å²) in [6.45, 7) is 2.05. The van der Waals surface area contributed by atoms with Gasteiger partial charge >= 0.3 is 19.8 Å². The number of carbonyl (C=O) groups excluding carboxylic acids is 2. The minimum atomic E-state index is -4.63. The van der Waals surface area contributed by atoms with Crippen LogP contribution in [0.15, 0.2) is 85.1 Å². The number of phosphoric ester groups is 1. The predicted molar refractivity (Wildman–Crippen MR) is 214 cm³/mol. The molecule has 0 saturated carbocycles. The Morgan fingerprint density at radius 3 is 1.51 bits per heavy atom. The SMILES string of the molecule is CC/C=C/C/C=C/C/C=C/C/C=C/CCCCC(=O)O[C@H](COC(=O)CCCCCCC/C=C/C/C=C/C/C=C/CC)COP(=O)(O)OC[C@@H](O)CO. The Kier molecular flexibility index (Phi) is 35.5. The molecule has 0 heterocycles. The van der Waals surface area contributed by atoms with Crippen molar-refractivity contribution < 1.29 is 47.8 Å². The minimum absolute atomic E-state index is 0.123. The number of carbonyl (C=O) groups is 2. The largest absolute Gasteiger partial charge is 0.472 e. The molecule has 0 aliphatic heterocycles. The summed E-state index contributed by atoms with van der Waals surface area (Å²) in [5.74, 6) is -1.00. The van der Waals surface area contributed by atoms with E-state index in [1.807, 2.05) is 0 Å². The summed E-state index contributed by atoms with van der Waals surface area (Å²) < 4.78 is 32.6. The van der Waals surface area contributed by atoms with Crippen molar-refractivity contribution in [3.8, 4) is 0 Å². The Hall–Kier alpha value is -2.85. The summed E-state index contributed by atoms with van der Waals surface area (Å²) >= 11 is 0. The lowest BCUT2D eigenvalue weighted by Gasteiger charge is -2.20. The molecule has 0 aromatic carbocycles. The maximum atomic E-state index is 12.6. The fraction of sp³-hybridized carbons (Fsp3) is 0.619. The third kappa shape index (κ3) is 37.3. The number of esters is 2. The van der Waals surface area contributed by atoms with Gasteiger partial charge in [-0.25, -0.2) is 4.57 Å². The third-order valence-corrected chi connectivity index (χ3v) is 8.50. The van der Waals surface area contributed by atoms with Crippen molar-refractivity contribution in [2.24, 2.45) is 0 Å². The maximum Gasteiger partial charge on any atom is 0.472 e. The molecular formula is C42H69O10P. The van der Waals surface area contributed by atoms with Crippen LogP contribution in [0.25, 0.3) is 0 Å². The molecule has 1 unspecified atom stereocenters. The first-order valence-electron chi connectivity index (χ1n) is 19.5. The van der Waals surface area contributed by atoms with Gasteiger partial charge in [0, 0.05) is 12.8 Å². The second-order valence-electron chi connectivity index (χ2n) is 12.5. The smallest absolute Gasteiger partial charge is 0.462 e. The Morgan fingerprint density at radius 2 is 0.981 bits per heavy atom. The fourth-order valence-electron chi connectivity index (χ4n) is 4.58. The van der Waals surface area contributed by atoms with Crippen LogP contribution in [0, 0.1) is 0 Å². The number of aliphatic hydroxyl groups excluding tert-OH is 2. The summed E-state index contributed by atoms with van der Waals surface area (Å²) in [6.07, 6.45) is 42.7. The van der Waals surface area contributed by atoms with Crippen LogP contribution in [0.1, 0.15) is 129 Å². The van der Waals surface area contributed by atoms with Gasteiger partial charge in [0.1, 0.15) is 12.7 Å². The summed E-state index contributed by atoms with van der Waals surface area (Å²) in [5.41, 5.74) is 0. The lowest BCUT2D eigenvalue weighted by Crippen LogP contribution is -2.29. The van der Waals surface area contributed by atoms with Crippen molar-refractivity contribution in [2.75, 3.05) is 26.4 Å². The Morgan fingerprint density at radius 1 is 0.566 bits per heavy atom. The van der Waals surface area contributed by atoms with Gasteiger partial charge in [0.25, 0.3) is 0 Å². The molecule has 302 valence electrons. The van der Waals surface area contributed by atoms with Gasteiger partial charge in [-0.3, -0.25) is 18.6 Å². The maximum absolute atomic E-state index is 12.6. The Balaban J connectivity index is 4.48. The van der Waals surface area contributed by atoms with E-state index in [-0.39, 0.29) is 19.4 Å². The zero-order valence-electron chi connectivity index (χ0n) is 32.4. The van der Waals surface area contributed by atoms with Crippen molar-refractivity contribution in [1.82, 2.24) is 0 Å². The van der Waals surface area contributed by atoms with E-state index in [1.54, 1.807) is 0 Å². The Bertz CT molecular complexity index is 1150. The number of ether oxygens (including phenoxy) is 2. The molecule has 11 heteroatoms. The molecule has 0 aliphatic rings. The lowest BCUT2D eigenvalue weighted by atomic mass is 10.1. The van der Waals surface area contributed by atoms with Crippen molar-refractivity contribution in [3.63, 3.8) is 0 Å². The highest BCUT2D eigenvalue weighted by atomic mass is 31.2. The van der Waals surface area contributed by atoms with Gasteiger partial charge < -0.3 is 24.6 Å². The minimum Gasteiger partial charge on any atom is -0.462 e. The van der Waals surface area contributed by atoms with Gasteiger partial charge in [0.2, 0.25) is 0 Å². The van der Waals surface area contributed by atoms with Crippen LogP contribution in [0.3, 0.4) is 0 Å². The Labute approximate surface area is 320 Å². The van der Waals surface area contributed by atoms with Crippen LogP contribution in [-0.4, -0.2) is 65.7 Å². The van der Waals surface area contributed by atoms with Gasteiger partial charge in [-0.15, -0.1) is 0 Å². The first kappa shape index (κ1) is 50.1. The molecule has 0 fully saturated rings. The number of unbranched alkanes of at least 4 members (excludes halogenated alkanes) is 7. The van der Waals surface area contributed by atoms with E-state index >= 15 is 0 Å². The van der Waals surface area contributed by atoms with Crippen molar-refractivity contribution >= 4 is 19.8 Å². The zero-order valence-corrected chi connectivity index (χ0v) is 33.3. The van der Waals surface area contributed by atoms with Gasteiger partial charge in [-0.1, -0.05) is 118 Å². The molecule has 0 saturated heterocycles. The first-order valence-corrected chi connectivity index (χ1v) is 21.0. The van der Waals surface area contributed by atoms with E-state index in [4.69, 9.17) is 19.1 Å². The molecule has 0 bridgehead atoms. The fourth-order valence-corrected chi connectivity index (χ4v) is 5.37. The number of hydrogen-bond donors (Lipinski definition) is 3. The van der Waals surface area contributed by atoms with Crippen molar-refractivity contribution in [3.05, 3.63) is 85.1 Å². The normalized spacial score (nSPS) is 14.9. The lowest BCUT2D eigenvalue weighted by molar-refractivity contribution is -0.161. The summed E-state index contributed by atoms with van der Waals surface area (Å²) in [4.78, 5) is 34.9. The quantitative estimate of drug-likeness (QED) is 0.0246. The van der Waals surface area contributed by atoms with Crippen LogP contribution < -0.4 is 0 Å². The van der Waals surface area contributed by atoms with Crippen LogP contribution in [0.4, 0.5) is 0 Å². The molecule has 3 N–H and O–H groups in total. The first-order chi connectivity index (χ1) is 25.7. The number of allylic oxidation sites excluding steroid dienone is 14. The second-order valence-corrected chi connectivity index (χ2v) is 14.0. The molecule has 53 heavy (non-hydrogen) atoms. The van der Waals surface area contributed by atoms with Crippen molar-refractivity contribution in [2.45, 2.75) is 142 Å². The molecule has 0 aromatic heterocycles. The topological polar surface area (TPSA) is 149 Å². The van der Waals surface area contributed by atoms with E-state index in [9.17, 15) is 24.2 Å². The molecule has 0 amide bonds. The molecule has 0 aromatic rings. The number of rotatable bonds is 35. The van der Waals surface area contributed by atoms with Gasteiger partial charge in [-0.2, -0.15) is 0 Å². The molecular weight excluding hydrogens is 695 g/mol. The molecule has 0 aliphatic carbocycles. The van der Waals surface area contributed by atoms with Gasteiger partial charge in [-0.05, 0) is 83.5 Å². The molecule has 10 nitrogen and oxygen atoms in total. The molecule has 0 rings (SSSR count). The van der Waals surface area contributed by atoms with E-state index in [0.717, 1.165) is 89.9 Å². The highest BCUT2D eigenvalue weighted by molar-refractivity contribution is 7.47. The van der Waals surface area contributed by atoms with E-state index in [0.29, 0.717) is 12.8 Å². The standard InChI is InChI=1S/C42H69O10P/c1-3-5-7-9-11-13-15-17-19-21-23-25-27-29-31-33-41(45)49-37-40(38-51-53(47,48)50-36-39(44)35-43)52-42(46)34-32-30-28-26-24-22-20-18-16-14-12-10-8-6-4-2/h5-8,11-14,17-20,24,26,39-40,43-44H,3-4,9-10,15-16,21-23,25,27-38H2,1-2H3,(H,47,48)/b7-5+,8-6+,13-11+,14-12+,19-17+,20-18+,26-24+/t39-,40+/m0/s1. The van der Waals surface area contributed by atoms with Crippen LogP contribution >= 0.6 is 7.82 Å². The van der Waals surface area contributed by atoms with Crippen molar-refractivity contribution in [1.29, 1.82) is 0 Å². The van der Waals surface area contributed by atoms with E-state index in [1.165, 1.54) is 0 Å². The summed E-state index contributed by atoms with van der Waals surface area (Å²) in [7, 11) is -4.63. The van der Waals surface area contributed by atoms with E-state index in [2.05, 4.69) is 103 Å². The molecule has 3 atom stereocenters. The van der Waals surface area contributed by atoms with Gasteiger partial charge in [0.05, 0.1) is 19.8 Å². The van der Waals surface area contributed by atoms with Crippen LogP contribution in [0.2, 0.25) is 0 Å². The average Bonchev–Trinajstić information content (AvgIpc) is 3.14. The van der Waals surface area contributed by atoms with Gasteiger partial charge in [0.15, 0.2) is 6.10 Å². The number of hydrogen-bond acceptors (Lipinski definition) is 9. The monoisotopic (exact) mass is 764 g/mol. The van der Waals surface area contributed by atoms with Crippen LogP contribution in [0.5, 0.6) is 0 Å². The zero-order chi connectivity index (χ0) is 39.1. The molecule has 0 radical (unpaired) electrons. The average molecular weight is 765 g/mol. The summed E-state index contributed by atoms with van der Waals surface area (Å²) in [6, 6.07) is 0.